The lowest BCUT2D eigenvalue weighted by Gasteiger charge is -2.23. The Labute approximate surface area is 509 Å². The smallest absolute Gasteiger partial charge is 0.447 e. The van der Waals surface area contributed by atoms with E-state index in [1.807, 2.05) is 117 Å². The van der Waals surface area contributed by atoms with Gasteiger partial charge in [0.15, 0.2) is 0 Å². The number of anilines is 3. The van der Waals surface area contributed by atoms with E-state index in [2.05, 4.69) is 147 Å². The highest BCUT2D eigenvalue weighted by molar-refractivity contribution is 6.79. The molecule has 0 aliphatic carbocycles. The normalized spacial score (nSPS) is 15.3. The number of pyridine rings is 6. The Hall–Kier alpha value is -10.0. The summed E-state index contributed by atoms with van der Waals surface area (Å²) in [5.74, 6) is 3.85. The number of hydrogen-bond acceptors (Lipinski definition) is 9. The van der Waals surface area contributed by atoms with Crippen molar-refractivity contribution in [2.75, 3.05) is 14.4 Å². The summed E-state index contributed by atoms with van der Waals surface area (Å²) >= 11 is 0. The topological polar surface area (TPSA) is 99.5 Å². The van der Waals surface area contributed by atoms with E-state index >= 15 is 0 Å². The molecule has 0 saturated heterocycles. The minimum atomic E-state index is -2.32. The number of nitrogens with zero attached hydrogens (tertiary/aromatic N) is 9. The number of aromatic nitrogens is 6. The highest BCUT2D eigenvalue weighted by atomic mass is 16.4. The summed E-state index contributed by atoms with van der Waals surface area (Å²) in [6, 6.07) is 49.3. The first-order valence-electron chi connectivity index (χ1n) is 32.8. The van der Waals surface area contributed by atoms with Crippen LogP contribution in [0.2, 0.25) is 20.5 Å². The van der Waals surface area contributed by atoms with E-state index in [1.165, 1.54) is 28.2 Å². The van der Waals surface area contributed by atoms with Crippen LogP contribution in [-0.2, 0) is 21.1 Å². The van der Waals surface area contributed by atoms with E-state index in [0.29, 0.717) is 22.7 Å². The fourth-order valence-corrected chi connectivity index (χ4v) is 11.9. The van der Waals surface area contributed by atoms with Gasteiger partial charge in [0, 0.05) is 92.5 Å². The number of fused-ring (bicyclic) bond motifs is 9. The van der Waals surface area contributed by atoms with Crippen LogP contribution in [0.4, 0.5) is 17.5 Å². The molecule has 0 bridgehead atoms. The maximum Gasteiger partial charge on any atom is 0.447 e. The summed E-state index contributed by atoms with van der Waals surface area (Å²) in [6.45, 7) is 1.41. The SMILES string of the molecule is CB1c2c(oc3ncccc23)C=CN1c1cc(C)c(-c2ccccc2)c[n+]1C.[2H]C([2H])([2H])c1ccc2c3c(oc2n1)B(C)N(c1cc(-c2ccccc2)c(C([2H])([2H])[2H])c[n+]1C)C=C3.[2H]C([2H])([2H])c1ccc2c3c(oc2n1)B(C)N(c1cc(-c2ccccc2)cc[n+]1C)C=C3. The van der Waals surface area contributed by atoms with Crippen molar-refractivity contribution < 1.29 is 39.3 Å². The molecular weight excluding hydrogens is 1050 g/mol. The second kappa shape index (κ2) is 22.3. The van der Waals surface area contributed by atoms with Gasteiger partial charge in [0.1, 0.15) is 17.1 Å². The monoisotopic (exact) mass is 1120 g/mol. The van der Waals surface area contributed by atoms with Crippen molar-refractivity contribution in [2.24, 2.45) is 21.1 Å². The predicted octanol–water partition coefficient (Wildman–Crippen LogP) is 12.1. The summed E-state index contributed by atoms with van der Waals surface area (Å²) < 4.78 is 94.1. The summed E-state index contributed by atoms with van der Waals surface area (Å²) in [5.41, 5.74) is 13.6. The van der Waals surface area contributed by atoms with Crippen molar-refractivity contribution in [2.45, 2.75) is 47.9 Å². The third kappa shape index (κ3) is 10.1. The molecule has 9 aromatic heterocycles. The fourth-order valence-electron chi connectivity index (χ4n) is 11.9. The molecule has 0 unspecified atom stereocenters. The molecule has 15 rings (SSSR count). The zero-order valence-corrected chi connectivity index (χ0v) is 48.2. The van der Waals surface area contributed by atoms with Gasteiger partial charge in [-0.2, -0.15) is 0 Å². The first-order chi connectivity index (χ1) is 44.9. The van der Waals surface area contributed by atoms with Gasteiger partial charge in [0.05, 0.1) is 58.3 Å². The Morgan fingerprint density at radius 1 is 0.459 bits per heavy atom. The highest BCUT2D eigenvalue weighted by Gasteiger charge is 2.41. The molecule has 3 aliphatic rings. The summed E-state index contributed by atoms with van der Waals surface area (Å²) in [6.07, 6.45) is 19.7. The predicted molar refractivity (Wildman–Crippen MR) is 348 cm³/mol. The lowest BCUT2D eigenvalue weighted by atomic mass is 9.54. The quantitative estimate of drug-likeness (QED) is 0.119. The van der Waals surface area contributed by atoms with Crippen LogP contribution in [0, 0.1) is 27.5 Å². The standard InChI is InChI=1S/C24H23BN3O.2C23H21BN3O/c1-16-15-27(4)22(14-21(16)18-8-6-5-7-9-18)28-13-12-19-20-11-10-17(2)26-24(20)29-23(19)25(28)3;1-16-14-21(26(3)15-19(16)17-8-5-4-6-9-17)27-13-11-20-22(24(27)2)18-10-7-12-25-23(18)28-20;1-16-9-10-20-19-12-14-27(24(2)22(19)28-23(20)25-16)21-15-18(11-13-26(21)3)17-7-5-4-6-8-17/h5-15H,1-4H3;2*4-15H,1-3H3/q3*+1/i1D3,2D3;;1D3. The first kappa shape index (κ1) is 44.6. The van der Waals surface area contributed by atoms with Crippen LogP contribution in [0.15, 0.2) is 208 Å². The molecule has 3 aromatic carbocycles. The first-order valence-corrected chi connectivity index (χ1v) is 28.3. The van der Waals surface area contributed by atoms with Gasteiger partial charge in [-0.05, 0) is 142 Å². The van der Waals surface area contributed by atoms with Gasteiger partial charge in [-0.25, -0.2) is 28.7 Å². The third-order valence-electron chi connectivity index (χ3n) is 16.3. The molecular formula is C70H65B3N9O3+3. The Morgan fingerprint density at radius 3 is 1.60 bits per heavy atom. The second-order valence-corrected chi connectivity index (χ2v) is 21.7. The van der Waals surface area contributed by atoms with E-state index in [9.17, 15) is 0 Å². The summed E-state index contributed by atoms with van der Waals surface area (Å²) in [4.78, 5) is 19.3. The average Bonchev–Trinajstić information content (AvgIpc) is 1.52. The van der Waals surface area contributed by atoms with Crippen LogP contribution in [0.5, 0.6) is 0 Å². The van der Waals surface area contributed by atoms with Crippen LogP contribution < -0.4 is 44.9 Å². The molecule has 0 fully saturated rings. The summed E-state index contributed by atoms with van der Waals surface area (Å²) in [7, 11) is 5.94. The molecule has 0 radical (unpaired) electrons. The lowest BCUT2D eigenvalue weighted by Crippen LogP contribution is -2.50. The molecule has 12 heterocycles. The van der Waals surface area contributed by atoms with Gasteiger partial charge in [0.2, 0.25) is 17.1 Å². The molecule has 414 valence electrons. The molecule has 0 amide bonds. The Morgan fingerprint density at radius 2 is 1.00 bits per heavy atom. The van der Waals surface area contributed by atoms with E-state index in [1.54, 1.807) is 35.2 Å². The van der Waals surface area contributed by atoms with Crippen LogP contribution in [0.25, 0.3) is 84.9 Å². The lowest BCUT2D eigenvalue weighted by molar-refractivity contribution is -0.658. The molecule has 0 saturated carbocycles. The molecule has 12 nitrogen and oxygen atoms in total. The zero-order valence-electron chi connectivity index (χ0n) is 57.2. The van der Waals surface area contributed by atoms with Crippen LogP contribution in [0.1, 0.15) is 51.7 Å². The van der Waals surface area contributed by atoms with Gasteiger partial charge in [-0.3, -0.25) is 14.4 Å². The largest absolute Gasteiger partial charge is 0.447 e. The fraction of sp³-hybridized carbons (Fsp3) is 0.143. The highest BCUT2D eigenvalue weighted by Crippen LogP contribution is 2.33. The Balaban J connectivity index is 0.000000129. The van der Waals surface area contributed by atoms with Crippen molar-refractivity contribution in [3.8, 4) is 33.4 Å². The summed E-state index contributed by atoms with van der Waals surface area (Å²) in [5, 5.41) is 2.66. The van der Waals surface area contributed by atoms with Crippen molar-refractivity contribution in [3.63, 3.8) is 0 Å². The number of benzene rings is 3. The third-order valence-corrected chi connectivity index (χ3v) is 16.3. The zero-order chi connectivity index (χ0) is 66.1. The van der Waals surface area contributed by atoms with Gasteiger partial charge in [-0.15, -0.1) is 0 Å². The second-order valence-electron chi connectivity index (χ2n) is 21.7. The number of hydrogen-bond donors (Lipinski definition) is 0. The number of furan rings is 3. The van der Waals surface area contributed by atoms with E-state index in [4.69, 9.17) is 25.6 Å². The van der Waals surface area contributed by atoms with Gasteiger partial charge in [0.25, 0.3) is 17.5 Å². The minimum Gasteiger partial charge on any atom is -0.447 e. The van der Waals surface area contributed by atoms with Crippen LogP contribution >= 0.6 is 0 Å². The molecule has 12 aromatic rings. The van der Waals surface area contributed by atoms with E-state index in [-0.39, 0.29) is 43.2 Å². The maximum absolute atomic E-state index is 8.06. The van der Waals surface area contributed by atoms with Crippen LogP contribution in [-0.4, -0.2) is 35.5 Å². The van der Waals surface area contributed by atoms with Crippen molar-refractivity contribution in [3.05, 3.63) is 234 Å². The molecule has 0 spiro atoms. The van der Waals surface area contributed by atoms with Crippen molar-refractivity contribution in [1.29, 1.82) is 0 Å². The molecule has 3 aliphatic heterocycles. The average molecular weight is 1120 g/mol. The van der Waals surface area contributed by atoms with Gasteiger partial charge < -0.3 is 13.3 Å². The molecule has 0 atom stereocenters. The molecule has 15 heteroatoms. The Kier molecular flexibility index (Phi) is 11.7. The number of rotatable bonds is 6. The van der Waals surface area contributed by atoms with Gasteiger partial charge >= 0.3 is 20.5 Å². The number of aryl methyl sites for hydroxylation is 7. The minimum absolute atomic E-state index is 0.0104. The Bertz CT molecular complexity index is 4980. The molecule has 85 heavy (non-hydrogen) atoms. The van der Waals surface area contributed by atoms with Crippen LogP contribution in [0.3, 0.4) is 0 Å². The van der Waals surface area contributed by atoms with Gasteiger partial charge in [-0.1, -0.05) is 91.0 Å². The van der Waals surface area contributed by atoms with Crippen molar-refractivity contribution in [1.82, 2.24) is 15.0 Å². The maximum atomic E-state index is 8.06. The van der Waals surface area contributed by atoms with Crippen molar-refractivity contribution >= 4 is 106 Å². The van der Waals surface area contributed by atoms with E-state index < -0.39 is 20.6 Å². The molecule has 0 N–H and O–H groups in total. The van der Waals surface area contributed by atoms with E-state index in [0.717, 1.165) is 72.8 Å².